The lowest BCUT2D eigenvalue weighted by atomic mass is 9.61. The van der Waals surface area contributed by atoms with Gasteiger partial charge in [-0.3, -0.25) is 4.79 Å². The first-order chi connectivity index (χ1) is 12.4. The van der Waals surface area contributed by atoms with E-state index in [0.717, 1.165) is 19.1 Å². The third-order valence-corrected chi connectivity index (χ3v) is 6.38. The average molecular weight is 367 g/mol. The fourth-order valence-electron chi connectivity index (χ4n) is 5.22. The number of halogens is 3. The van der Waals surface area contributed by atoms with E-state index in [1.165, 1.54) is 37.8 Å². The highest BCUT2D eigenvalue weighted by molar-refractivity contribution is 5.79. The minimum atomic E-state index is -4.44. The van der Waals surface area contributed by atoms with Gasteiger partial charge in [0.25, 0.3) is 0 Å². The second kappa shape index (κ2) is 6.87. The number of ether oxygens (including phenoxy) is 1. The van der Waals surface area contributed by atoms with Crippen LogP contribution >= 0.6 is 0 Å². The number of hydrogen-bond donors (Lipinski definition) is 1. The van der Waals surface area contributed by atoms with Gasteiger partial charge in [-0.1, -0.05) is 43.9 Å². The van der Waals surface area contributed by atoms with E-state index >= 15 is 0 Å². The van der Waals surface area contributed by atoms with E-state index in [-0.39, 0.29) is 30.0 Å². The number of alkyl halides is 3. The monoisotopic (exact) mass is 367 g/mol. The van der Waals surface area contributed by atoms with Crippen LogP contribution in [0.15, 0.2) is 24.3 Å². The van der Waals surface area contributed by atoms with Gasteiger partial charge in [0.2, 0.25) is 5.91 Å². The van der Waals surface area contributed by atoms with E-state index in [4.69, 9.17) is 4.74 Å². The summed E-state index contributed by atoms with van der Waals surface area (Å²) in [6, 6.07) is 5.37. The van der Waals surface area contributed by atoms with E-state index in [1.54, 1.807) is 6.07 Å². The van der Waals surface area contributed by atoms with Gasteiger partial charge in [0.15, 0.2) is 0 Å². The van der Waals surface area contributed by atoms with Crippen molar-refractivity contribution < 1.29 is 22.7 Å². The molecule has 1 saturated heterocycles. The predicted octanol–water partition coefficient (Wildman–Crippen LogP) is 3.96. The molecule has 4 rings (SSSR count). The van der Waals surface area contributed by atoms with E-state index in [1.807, 2.05) is 0 Å². The van der Waals surface area contributed by atoms with Crippen LogP contribution in [0.1, 0.15) is 43.2 Å². The Morgan fingerprint density at radius 2 is 1.88 bits per heavy atom. The molecule has 3 nitrogen and oxygen atoms in total. The molecule has 142 valence electrons. The highest BCUT2D eigenvalue weighted by Gasteiger charge is 2.56. The second-order valence-corrected chi connectivity index (χ2v) is 7.83. The molecule has 3 fully saturated rings. The quantitative estimate of drug-likeness (QED) is 0.875. The highest BCUT2D eigenvalue weighted by atomic mass is 19.4. The topological polar surface area (TPSA) is 38.3 Å². The number of carbonyl (C=O) groups excluding carboxylic acids is 1. The molecule has 0 unspecified atom stereocenters. The van der Waals surface area contributed by atoms with Crippen molar-refractivity contribution in [2.75, 3.05) is 6.61 Å². The van der Waals surface area contributed by atoms with Gasteiger partial charge in [0, 0.05) is 24.5 Å². The summed E-state index contributed by atoms with van der Waals surface area (Å²) in [4.78, 5) is 12.5. The Hall–Kier alpha value is -1.56. The average Bonchev–Trinajstić information content (AvgIpc) is 3.23. The Bertz CT molecular complexity index is 665. The van der Waals surface area contributed by atoms with Crippen molar-refractivity contribution in [3.63, 3.8) is 0 Å². The Kier molecular flexibility index (Phi) is 4.71. The molecule has 0 bridgehead atoms. The summed E-state index contributed by atoms with van der Waals surface area (Å²) in [5.74, 6) is 0.899. The first-order valence-electron chi connectivity index (χ1n) is 9.51. The fraction of sp³-hybridized carbons (Fsp3) is 0.650. The van der Waals surface area contributed by atoms with Gasteiger partial charge >= 0.3 is 6.18 Å². The summed E-state index contributed by atoms with van der Waals surface area (Å²) in [6.45, 7) is 0.724. The van der Waals surface area contributed by atoms with Crippen LogP contribution in [0.25, 0.3) is 0 Å². The van der Waals surface area contributed by atoms with E-state index in [2.05, 4.69) is 5.32 Å². The van der Waals surface area contributed by atoms with Crippen molar-refractivity contribution in [1.29, 1.82) is 0 Å². The molecule has 1 N–H and O–H groups in total. The maximum atomic E-state index is 13.1. The molecule has 1 aromatic rings. The molecule has 2 aliphatic carbocycles. The van der Waals surface area contributed by atoms with Crippen LogP contribution in [0.5, 0.6) is 0 Å². The van der Waals surface area contributed by atoms with Gasteiger partial charge in [-0.2, -0.15) is 13.2 Å². The Morgan fingerprint density at radius 3 is 2.62 bits per heavy atom. The molecule has 3 aliphatic rings. The maximum Gasteiger partial charge on any atom is 0.416 e. The Morgan fingerprint density at radius 1 is 1.15 bits per heavy atom. The molecule has 1 amide bonds. The third-order valence-electron chi connectivity index (χ3n) is 6.38. The van der Waals surface area contributed by atoms with Gasteiger partial charge in [-0.05, 0) is 24.0 Å². The van der Waals surface area contributed by atoms with Crippen LogP contribution < -0.4 is 5.32 Å². The number of nitrogens with one attached hydrogen (secondary N) is 1. The lowest BCUT2D eigenvalue weighted by Crippen LogP contribution is -2.63. The minimum absolute atomic E-state index is 0.0356. The van der Waals surface area contributed by atoms with Gasteiger partial charge in [0.1, 0.15) is 0 Å². The van der Waals surface area contributed by atoms with Gasteiger partial charge in [-0.25, -0.2) is 0 Å². The molecule has 6 heteroatoms. The number of benzene rings is 1. The zero-order valence-corrected chi connectivity index (χ0v) is 14.6. The minimum Gasteiger partial charge on any atom is -0.377 e. The molecular formula is C20H24F3NO2. The fourth-order valence-corrected chi connectivity index (χ4v) is 5.22. The number of amides is 1. The van der Waals surface area contributed by atoms with E-state index < -0.39 is 11.7 Å². The van der Waals surface area contributed by atoms with Crippen LogP contribution in [-0.2, 0) is 22.1 Å². The predicted molar refractivity (Wildman–Crippen MR) is 90.4 cm³/mol. The third kappa shape index (κ3) is 3.24. The van der Waals surface area contributed by atoms with Crippen molar-refractivity contribution >= 4 is 5.91 Å². The lowest BCUT2D eigenvalue weighted by Gasteiger charge is -2.50. The molecule has 26 heavy (non-hydrogen) atoms. The number of fused-ring (bicyclic) bond motifs is 1. The van der Waals surface area contributed by atoms with E-state index in [0.29, 0.717) is 17.8 Å². The van der Waals surface area contributed by atoms with Crippen molar-refractivity contribution in [1.82, 2.24) is 5.32 Å². The molecule has 0 radical (unpaired) electrons. The SMILES string of the molecule is O=C(Cc1ccccc1C(F)(F)F)N[C@H]1[C@H]2CCO[C@H]2[C@H]1C1CCCC1. The smallest absolute Gasteiger partial charge is 0.377 e. The second-order valence-electron chi connectivity index (χ2n) is 7.83. The van der Waals surface area contributed by atoms with Gasteiger partial charge in [0.05, 0.1) is 18.1 Å². The van der Waals surface area contributed by atoms with Crippen molar-refractivity contribution in [3.8, 4) is 0 Å². The zero-order valence-electron chi connectivity index (χ0n) is 14.6. The van der Waals surface area contributed by atoms with Crippen LogP contribution in [0.2, 0.25) is 0 Å². The molecule has 1 heterocycles. The Balaban J connectivity index is 1.45. The number of carbonyl (C=O) groups is 1. The van der Waals surface area contributed by atoms with Crippen LogP contribution in [0.3, 0.4) is 0 Å². The molecule has 4 atom stereocenters. The summed E-state index contributed by atoms with van der Waals surface area (Å²) in [5, 5.41) is 3.06. The summed E-state index contributed by atoms with van der Waals surface area (Å²) in [5.41, 5.74) is -0.688. The van der Waals surface area contributed by atoms with Crippen molar-refractivity contribution in [3.05, 3.63) is 35.4 Å². The molecular weight excluding hydrogens is 343 g/mol. The normalized spacial score (nSPS) is 31.5. The van der Waals surface area contributed by atoms with Crippen LogP contribution in [0.4, 0.5) is 13.2 Å². The largest absolute Gasteiger partial charge is 0.416 e. The van der Waals surface area contributed by atoms with Crippen molar-refractivity contribution in [2.45, 2.75) is 56.8 Å². The summed E-state index contributed by atoms with van der Waals surface area (Å²) >= 11 is 0. The number of rotatable bonds is 4. The molecule has 0 aromatic heterocycles. The first-order valence-corrected chi connectivity index (χ1v) is 9.51. The summed E-state index contributed by atoms with van der Waals surface area (Å²) in [7, 11) is 0. The highest BCUT2D eigenvalue weighted by Crippen LogP contribution is 2.51. The molecule has 2 saturated carbocycles. The lowest BCUT2D eigenvalue weighted by molar-refractivity contribution is -0.138. The van der Waals surface area contributed by atoms with Gasteiger partial charge in [-0.15, -0.1) is 0 Å². The first kappa shape index (κ1) is 17.8. The summed E-state index contributed by atoms with van der Waals surface area (Å²) in [6.07, 6.45) is 1.26. The summed E-state index contributed by atoms with van der Waals surface area (Å²) < 4.78 is 45.3. The Labute approximate surface area is 151 Å². The standard InChI is InChI=1S/C20H24F3NO2/c21-20(22,23)15-8-4-3-7-13(15)11-16(25)24-18-14-9-10-26-19(14)17(18)12-5-1-2-6-12/h3-4,7-8,12,14,17-19H,1-2,5-6,9-11H2,(H,24,25)/t14-,17+,18+,19-/m1/s1. The molecule has 1 aromatic carbocycles. The number of hydrogen-bond acceptors (Lipinski definition) is 2. The molecule has 0 spiro atoms. The van der Waals surface area contributed by atoms with Crippen molar-refractivity contribution in [2.24, 2.45) is 17.8 Å². The van der Waals surface area contributed by atoms with Crippen LogP contribution in [-0.4, -0.2) is 24.7 Å². The van der Waals surface area contributed by atoms with Crippen LogP contribution in [0, 0.1) is 17.8 Å². The molecule has 1 aliphatic heterocycles. The maximum absolute atomic E-state index is 13.1. The van der Waals surface area contributed by atoms with Gasteiger partial charge < -0.3 is 10.1 Å². The zero-order chi connectivity index (χ0) is 18.3. The van der Waals surface area contributed by atoms with E-state index in [9.17, 15) is 18.0 Å².